The Balaban J connectivity index is 1.79. The predicted octanol–water partition coefficient (Wildman–Crippen LogP) is 5.49. The number of piperazine rings is 1. The van der Waals surface area contributed by atoms with Gasteiger partial charge in [-0.2, -0.15) is 5.26 Å². The number of ether oxygens (including phenoxy) is 4. The summed E-state index contributed by atoms with van der Waals surface area (Å²) in [5.74, 6) is 2.50. The van der Waals surface area contributed by atoms with Gasteiger partial charge < -0.3 is 29.2 Å². The Hall–Kier alpha value is -3.35. The molecule has 3 heterocycles. The van der Waals surface area contributed by atoms with Crippen molar-refractivity contribution in [3.63, 3.8) is 0 Å². The summed E-state index contributed by atoms with van der Waals surface area (Å²) in [6.45, 7) is 5.99. The number of phenols is 2. The van der Waals surface area contributed by atoms with E-state index >= 15 is 0 Å². The summed E-state index contributed by atoms with van der Waals surface area (Å²) in [5.41, 5.74) is 4.97. The first kappa shape index (κ1) is 30.1. The van der Waals surface area contributed by atoms with Gasteiger partial charge in [0.15, 0.2) is 23.0 Å². The summed E-state index contributed by atoms with van der Waals surface area (Å²) in [6, 6.07) is 1.45. The lowest BCUT2D eigenvalue weighted by Gasteiger charge is -2.60. The van der Waals surface area contributed by atoms with Crippen LogP contribution in [0.5, 0.6) is 34.5 Å². The summed E-state index contributed by atoms with van der Waals surface area (Å²) in [7, 11) is 8.49. The topological polar surface area (TPSA) is 108 Å². The highest BCUT2D eigenvalue weighted by Gasteiger charge is 2.56. The van der Waals surface area contributed by atoms with Crippen LogP contribution in [0.3, 0.4) is 0 Å². The lowest BCUT2D eigenvalue weighted by atomic mass is 9.71. The Morgan fingerprint density at radius 3 is 1.83 bits per heavy atom. The lowest BCUT2D eigenvalue weighted by molar-refractivity contribution is -0.0753. The molecule has 9 nitrogen and oxygen atoms in total. The van der Waals surface area contributed by atoms with Crippen LogP contribution in [0.25, 0.3) is 0 Å². The first-order valence-corrected chi connectivity index (χ1v) is 15.0. The van der Waals surface area contributed by atoms with Crippen LogP contribution >= 0.6 is 0 Å². The van der Waals surface area contributed by atoms with Gasteiger partial charge in [0, 0.05) is 51.5 Å². The lowest BCUT2D eigenvalue weighted by Crippen LogP contribution is -2.68. The fraction of sp³-hybridized carbons (Fsp3) is 0.606. The number of benzene rings is 2. The number of hydrogen-bond donors (Lipinski definition) is 2. The Labute approximate surface area is 249 Å². The van der Waals surface area contributed by atoms with Gasteiger partial charge in [-0.1, -0.05) is 32.6 Å². The minimum absolute atomic E-state index is 0.127. The Morgan fingerprint density at radius 2 is 1.31 bits per heavy atom. The maximum Gasteiger partial charge on any atom is 0.167 e. The molecule has 5 rings (SSSR count). The van der Waals surface area contributed by atoms with E-state index in [-0.39, 0.29) is 35.7 Å². The minimum Gasteiger partial charge on any atom is -0.504 e. The second kappa shape index (κ2) is 11.7. The van der Waals surface area contributed by atoms with E-state index < -0.39 is 6.04 Å². The number of hydrogen-bond acceptors (Lipinski definition) is 9. The van der Waals surface area contributed by atoms with Crippen LogP contribution in [-0.2, 0) is 12.8 Å². The zero-order valence-corrected chi connectivity index (χ0v) is 26.2. The van der Waals surface area contributed by atoms with Crippen LogP contribution in [0.2, 0.25) is 0 Å². The van der Waals surface area contributed by atoms with Crippen LogP contribution in [0.4, 0.5) is 0 Å². The van der Waals surface area contributed by atoms with Crippen LogP contribution in [0.1, 0.15) is 84.5 Å². The van der Waals surface area contributed by atoms with Crippen molar-refractivity contribution in [2.45, 2.75) is 95.9 Å². The second-order valence-electron chi connectivity index (χ2n) is 11.9. The molecule has 2 aromatic carbocycles. The molecule has 0 unspecified atom stereocenters. The maximum atomic E-state index is 11.7. The van der Waals surface area contributed by atoms with Crippen molar-refractivity contribution < 1.29 is 29.2 Å². The maximum absolute atomic E-state index is 11.7. The van der Waals surface area contributed by atoms with Crippen molar-refractivity contribution in [3.05, 3.63) is 33.4 Å². The van der Waals surface area contributed by atoms with E-state index in [9.17, 15) is 15.5 Å². The Bertz CT molecular complexity index is 1400. The number of nitriles is 1. The van der Waals surface area contributed by atoms with Gasteiger partial charge in [-0.3, -0.25) is 9.80 Å². The van der Waals surface area contributed by atoms with E-state index in [1.165, 1.54) is 0 Å². The molecule has 0 saturated carbocycles. The summed E-state index contributed by atoms with van der Waals surface area (Å²) in [4.78, 5) is 4.59. The summed E-state index contributed by atoms with van der Waals surface area (Å²) < 4.78 is 23.3. The van der Waals surface area contributed by atoms with Crippen molar-refractivity contribution in [3.8, 4) is 40.6 Å². The molecular weight excluding hydrogens is 534 g/mol. The molecule has 0 amide bonds. The van der Waals surface area contributed by atoms with Gasteiger partial charge in [0.25, 0.3) is 0 Å². The van der Waals surface area contributed by atoms with Crippen LogP contribution in [0, 0.1) is 25.2 Å². The Morgan fingerprint density at radius 1 is 0.786 bits per heavy atom. The molecule has 0 aromatic heterocycles. The van der Waals surface area contributed by atoms with Crippen molar-refractivity contribution in [1.29, 1.82) is 5.26 Å². The first-order valence-electron chi connectivity index (χ1n) is 15.0. The van der Waals surface area contributed by atoms with Crippen molar-refractivity contribution in [2.75, 3.05) is 35.5 Å². The molecule has 0 aliphatic carbocycles. The SMILES string of the molecule is CCCCCC[C@H]1c2c(O)c(OC)c(C)c(OC)c2C[C@H]2[C@H]3c4c(O)c(OC)c(C)c(OC)c4C[C@@H]([C@H](C#N)N12)N3C. The number of unbranched alkanes of at least 4 members (excludes halogenated alkanes) is 3. The molecule has 1 saturated heterocycles. The molecule has 5 atom stereocenters. The highest BCUT2D eigenvalue weighted by Crippen LogP contribution is 2.59. The van der Waals surface area contributed by atoms with Crippen molar-refractivity contribution >= 4 is 0 Å². The fourth-order valence-electron chi connectivity index (χ4n) is 8.26. The van der Waals surface area contributed by atoms with E-state index in [0.29, 0.717) is 35.8 Å². The third-order valence-electron chi connectivity index (χ3n) is 9.99. The first-order chi connectivity index (χ1) is 20.2. The van der Waals surface area contributed by atoms with Gasteiger partial charge in [0.2, 0.25) is 0 Å². The van der Waals surface area contributed by atoms with E-state index in [2.05, 4.69) is 29.8 Å². The largest absolute Gasteiger partial charge is 0.504 e. The number of aromatic hydroxyl groups is 2. The molecule has 3 aliphatic rings. The molecule has 2 N–H and O–H groups in total. The van der Waals surface area contributed by atoms with E-state index in [4.69, 9.17) is 18.9 Å². The van der Waals surface area contributed by atoms with Gasteiger partial charge in [0.1, 0.15) is 17.5 Å². The molecule has 9 heteroatoms. The third kappa shape index (κ3) is 4.25. The fourth-order valence-corrected chi connectivity index (χ4v) is 8.26. The van der Waals surface area contributed by atoms with Crippen molar-refractivity contribution in [2.24, 2.45) is 0 Å². The van der Waals surface area contributed by atoms with Gasteiger partial charge in [-0.15, -0.1) is 0 Å². The molecule has 1 fully saturated rings. The molecule has 2 aromatic rings. The monoisotopic (exact) mass is 579 g/mol. The molecule has 0 spiro atoms. The van der Waals surface area contributed by atoms with Gasteiger partial charge in [-0.25, -0.2) is 0 Å². The van der Waals surface area contributed by atoms with E-state index in [1.54, 1.807) is 28.4 Å². The van der Waals surface area contributed by atoms with Crippen LogP contribution in [-0.4, -0.2) is 73.6 Å². The molecule has 42 heavy (non-hydrogen) atoms. The molecule has 0 radical (unpaired) electrons. The van der Waals surface area contributed by atoms with Crippen LogP contribution < -0.4 is 18.9 Å². The molecule has 228 valence electrons. The van der Waals surface area contributed by atoms with Crippen LogP contribution in [0.15, 0.2) is 0 Å². The minimum atomic E-state index is -0.444. The number of fused-ring (bicyclic) bond motifs is 7. The van der Waals surface area contributed by atoms with E-state index in [1.807, 2.05) is 13.8 Å². The smallest absolute Gasteiger partial charge is 0.167 e. The summed E-state index contributed by atoms with van der Waals surface area (Å²) >= 11 is 0. The third-order valence-corrected chi connectivity index (χ3v) is 9.99. The average Bonchev–Trinajstić information content (AvgIpc) is 2.96. The highest BCUT2D eigenvalue weighted by atomic mass is 16.5. The molecule has 3 aliphatic heterocycles. The summed E-state index contributed by atoms with van der Waals surface area (Å²) in [5, 5.41) is 34.2. The zero-order valence-electron chi connectivity index (χ0n) is 26.2. The standard InChI is InChI=1S/C33H45N3O6/c1-9-10-11-12-13-21-25-19(30(39-5)17(2)32(41-7)28(25)37)15-23-27-26-20(14-22(35(27)4)24(16-34)36(21)23)31(40-6)18(3)33(42-8)29(26)38/h21-24,27,37-38H,9-15H2,1-8H3/t21-,22-,23-,24-,27-/m0/s1. The van der Waals surface area contributed by atoms with Crippen molar-refractivity contribution in [1.82, 2.24) is 9.80 Å². The molecular formula is C33H45N3O6. The van der Waals surface area contributed by atoms with E-state index in [0.717, 1.165) is 65.5 Å². The number of phenolic OH excluding ortho intramolecular Hbond substituents is 2. The predicted molar refractivity (Wildman–Crippen MR) is 160 cm³/mol. The summed E-state index contributed by atoms with van der Waals surface area (Å²) in [6.07, 6.45) is 6.15. The highest BCUT2D eigenvalue weighted by molar-refractivity contribution is 5.67. The quantitative estimate of drug-likeness (QED) is 0.373. The van der Waals surface area contributed by atoms with Gasteiger partial charge in [0.05, 0.1) is 40.6 Å². The normalized spacial score (nSPS) is 24.7. The number of rotatable bonds is 9. The number of likely N-dealkylation sites (N-methyl/N-ethyl adjacent to an activating group) is 1. The molecule has 2 bridgehead atoms. The second-order valence-corrected chi connectivity index (χ2v) is 11.9. The number of nitrogens with zero attached hydrogens (tertiary/aromatic N) is 3. The number of methoxy groups -OCH3 is 4. The average molecular weight is 580 g/mol. The zero-order chi connectivity index (χ0) is 30.5. The van der Waals surface area contributed by atoms with Gasteiger partial charge in [-0.05, 0) is 40.2 Å². The Kier molecular flexibility index (Phi) is 8.41. The van der Waals surface area contributed by atoms with Gasteiger partial charge >= 0.3 is 0 Å².